The minimum atomic E-state index is -0.588. The van der Waals surface area contributed by atoms with Crippen LogP contribution < -0.4 is 5.32 Å². The summed E-state index contributed by atoms with van der Waals surface area (Å²) in [5.41, 5.74) is 0.00908. The minimum absolute atomic E-state index is 0.186. The summed E-state index contributed by atoms with van der Waals surface area (Å²) in [6.45, 7) is 2.24. The average Bonchev–Trinajstić information content (AvgIpc) is 2.18. The zero-order chi connectivity index (χ0) is 10.6. The monoisotopic (exact) mass is 195 g/mol. The fourth-order valence-electron chi connectivity index (χ4n) is 0.914. The van der Waals surface area contributed by atoms with E-state index in [9.17, 15) is 14.9 Å². The molecule has 0 bridgehead atoms. The first-order valence-electron chi connectivity index (χ1n) is 4.02. The number of nitrogens with one attached hydrogen (secondary N) is 1. The molecule has 1 heterocycles. The van der Waals surface area contributed by atoms with Crippen LogP contribution in [0, 0.1) is 10.1 Å². The van der Waals surface area contributed by atoms with Gasteiger partial charge < -0.3 is 5.32 Å². The van der Waals surface area contributed by atoms with Gasteiger partial charge in [0.1, 0.15) is 6.20 Å². The van der Waals surface area contributed by atoms with E-state index in [-0.39, 0.29) is 17.2 Å². The number of hydrogen-bond acceptors (Lipinski definition) is 4. The lowest BCUT2D eigenvalue weighted by atomic mass is 10.2. The highest BCUT2D eigenvalue weighted by atomic mass is 16.6. The van der Waals surface area contributed by atoms with Gasteiger partial charge in [0.2, 0.25) is 0 Å². The molecule has 0 aliphatic heterocycles. The van der Waals surface area contributed by atoms with Crippen molar-refractivity contribution < 1.29 is 9.72 Å². The van der Waals surface area contributed by atoms with Gasteiger partial charge in [-0.25, -0.2) is 0 Å². The van der Waals surface area contributed by atoms with Crippen molar-refractivity contribution in [2.24, 2.45) is 0 Å². The summed E-state index contributed by atoms with van der Waals surface area (Å²) in [6.07, 6.45) is 2.39. The van der Waals surface area contributed by atoms with Crippen LogP contribution in [0.15, 0.2) is 18.5 Å². The van der Waals surface area contributed by atoms with Crippen LogP contribution in [0.1, 0.15) is 17.3 Å². The van der Waals surface area contributed by atoms with Crippen molar-refractivity contribution in [3.8, 4) is 0 Å². The van der Waals surface area contributed by atoms with Gasteiger partial charge in [-0.2, -0.15) is 0 Å². The lowest BCUT2D eigenvalue weighted by Crippen LogP contribution is -2.22. The molecule has 0 radical (unpaired) electrons. The molecule has 0 aliphatic rings. The van der Waals surface area contributed by atoms with Gasteiger partial charge in [0.25, 0.3) is 11.6 Å². The molecule has 14 heavy (non-hydrogen) atoms. The van der Waals surface area contributed by atoms with Gasteiger partial charge in [0.15, 0.2) is 0 Å². The van der Waals surface area contributed by atoms with Gasteiger partial charge in [0, 0.05) is 18.8 Å². The van der Waals surface area contributed by atoms with Gasteiger partial charge in [-0.15, -0.1) is 0 Å². The Morgan fingerprint density at radius 2 is 2.36 bits per heavy atom. The molecule has 74 valence electrons. The molecule has 0 saturated carbocycles. The number of carbonyl (C=O) groups excluding carboxylic acids is 1. The Balaban J connectivity index is 2.93. The molecule has 0 unspecified atom stereocenters. The summed E-state index contributed by atoms with van der Waals surface area (Å²) >= 11 is 0. The quantitative estimate of drug-likeness (QED) is 0.569. The Morgan fingerprint density at radius 3 is 2.93 bits per heavy atom. The fourth-order valence-corrected chi connectivity index (χ4v) is 0.914. The van der Waals surface area contributed by atoms with Crippen LogP contribution in [-0.4, -0.2) is 22.4 Å². The number of nitro groups is 1. The topological polar surface area (TPSA) is 85.1 Å². The number of aromatic nitrogens is 1. The van der Waals surface area contributed by atoms with Crippen molar-refractivity contribution in [2.75, 3.05) is 6.54 Å². The van der Waals surface area contributed by atoms with Crippen LogP contribution in [-0.2, 0) is 0 Å². The van der Waals surface area contributed by atoms with E-state index in [0.29, 0.717) is 6.54 Å². The molecule has 0 aliphatic carbocycles. The largest absolute Gasteiger partial charge is 0.352 e. The van der Waals surface area contributed by atoms with E-state index in [2.05, 4.69) is 10.3 Å². The number of nitrogens with zero attached hydrogens (tertiary/aromatic N) is 2. The van der Waals surface area contributed by atoms with Crippen molar-refractivity contribution in [1.29, 1.82) is 0 Å². The second kappa shape index (κ2) is 4.31. The molecule has 1 amide bonds. The summed E-state index contributed by atoms with van der Waals surface area (Å²) < 4.78 is 0. The van der Waals surface area contributed by atoms with E-state index in [1.807, 2.05) is 0 Å². The van der Waals surface area contributed by atoms with E-state index < -0.39 is 4.92 Å². The Hall–Kier alpha value is -1.98. The normalized spacial score (nSPS) is 9.50. The lowest BCUT2D eigenvalue weighted by Gasteiger charge is -2.00. The molecular weight excluding hydrogens is 186 g/mol. The highest BCUT2D eigenvalue weighted by Crippen LogP contribution is 2.10. The SMILES string of the molecule is CCNC(=O)c1cncc([N+](=O)[O-])c1. The molecule has 1 N–H and O–H groups in total. The van der Waals surface area contributed by atoms with Gasteiger partial charge in [-0.3, -0.25) is 19.9 Å². The molecule has 6 heteroatoms. The van der Waals surface area contributed by atoms with E-state index >= 15 is 0 Å². The first-order chi connectivity index (χ1) is 6.65. The first-order valence-corrected chi connectivity index (χ1v) is 4.02. The predicted molar refractivity (Wildman–Crippen MR) is 48.9 cm³/mol. The van der Waals surface area contributed by atoms with Gasteiger partial charge in [-0.1, -0.05) is 0 Å². The summed E-state index contributed by atoms with van der Waals surface area (Å²) in [4.78, 5) is 24.6. The Labute approximate surface area is 80.1 Å². The standard InChI is InChI=1S/C8H9N3O3/c1-2-10-8(12)6-3-7(11(13)14)5-9-4-6/h3-5H,2H2,1H3,(H,10,12). The van der Waals surface area contributed by atoms with E-state index in [4.69, 9.17) is 0 Å². The van der Waals surface area contributed by atoms with Crippen LogP contribution >= 0.6 is 0 Å². The van der Waals surface area contributed by atoms with E-state index in [0.717, 1.165) is 6.20 Å². The minimum Gasteiger partial charge on any atom is -0.352 e. The number of hydrogen-bond donors (Lipinski definition) is 1. The molecule has 0 spiro atoms. The molecule has 1 rings (SSSR count). The second-order valence-corrected chi connectivity index (χ2v) is 2.55. The predicted octanol–water partition coefficient (Wildman–Crippen LogP) is 0.740. The van der Waals surface area contributed by atoms with E-state index in [1.165, 1.54) is 12.3 Å². The van der Waals surface area contributed by atoms with Crippen molar-refractivity contribution in [3.63, 3.8) is 0 Å². The third-order valence-corrected chi connectivity index (χ3v) is 1.53. The molecule has 6 nitrogen and oxygen atoms in total. The summed E-state index contributed by atoms with van der Waals surface area (Å²) in [5, 5.41) is 12.9. The second-order valence-electron chi connectivity index (χ2n) is 2.55. The molecule has 0 atom stereocenters. The van der Waals surface area contributed by atoms with Gasteiger partial charge in [-0.05, 0) is 6.92 Å². The smallest absolute Gasteiger partial charge is 0.288 e. The summed E-state index contributed by atoms with van der Waals surface area (Å²) in [6, 6.07) is 1.19. The first kappa shape index (κ1) is 10.1. The highest BCUT2D eigenvalue weighted by molar-refractivity contribution is 5.94. The van der Waals surface area contributed by atoms with Gasteiger partial charge >= 0.3 is 0 Å². The van der Waals surface area contributed by atoms with Crippen LogP contribution in [0.5, 0.6) is 0 Å². The van der Waals surface area contributed by atoms with Crippen LogP contribution in [0.2, 0.25) is 0 Å². The maximum absolute atomic E-state index is 11.2. The number of amides is 1. The third-order valence-electron chi connectivity index (χ3n) is 1.53. The van der Waals surface area contributed by atoms with Crippen molar-refractivity contribution in [2.45, 2.75) is 6.92 Å². The summed E-state index contributed by atoms with van der Waals surface area (Å²) in [7, 11) is 0. The van der Waals surface area contributed by atoms with Gasteiger partial charge in [0.05, 0.1) is 10.5 Å². The molecule has 1 aromatic heterocycles. The number of rotatable bonds is 3. The third kappa shape index (κ3) is 2.25. The maximum Gasteiger partial charge on any atom is 0.288 e. The molecule has 0 fully saturated rings. The highest BCUT2D eigenvalue weighted by Gasteiger charge is 2.11. The lowest BCUT2D eigenvalue weighted by molar-refractivity contribution is -0.385. The van der Waals surface area contributed by atoms with Crippen LogP contribution in [0.3, 0.4) is 0 Å². The average molecular weight is 195 g/mol. The number of carbonyl (C=O) groups is 1. The summed E-state index contributed by atoms with van der Waals surface area (Å²) in [5.74, 6) is -0.358. The van der Waals surface area contributed by atoms with E-state index in [1.54, 1.807) is 6.92 Å². The Kier molecular flexibility index (Phi) is 3.11. The van der Waals surface area contributed by atoms with Crippen molar-refractivity contribution in [1.82, 2.24) is 10.3 Å². The van der Waals surface area contributed by atoms with Crippen LogP contribution in [0.4, 0.5) is 5.69 Å². The zero-order valence-electron chi connectivity index (χ0n) is 7.56. The molecule has 0 saturated heterocycles. The Morgan fingerprint density at radius 1 is 1.64 bits per heavy atom. The molecule has 0 aromatic carbocycles. The Bertz CT molecular complexity index is 365. The number of pyridine rings is 1. The maximum atomic E-state index is 11.2. The van der Waals surface area contributed by atoms with Crippen LogP contribution in [0.25, 0.3) is 0 Å². The van der Waals surface area contributed by atoms with Crippen molar-refractivity contribution >= 4 is 11.6 Å². The van der Waals surface area contributed by atoms with Crippen molar-refractivity contribution in [3.05, 3.63) is 34.1 Å². The molecule has 1 aromatic rings. The molecular formula is C8H9N3O3. The fraction of sp³-hybridized carbons (Fsp3) is 0.250. The zero-order valence-corrected chi connectivity index (χ0v) is 7.56.